The molecule has 26 heavy (non-hydrogen) atoms. The maximum atomic E-state index is 12.2. The van der Waals surface area contributed by atoms with Gasteiger partial charge in [-0.05, 0) is 49.7 Å². The minimum atomic E-state index is -0.642. The summed E-state index contributed by atoms with van der Waals surface area (Å²) in [5.74, 6) is 0.333. The number of carbonyl (C=O) groups excluding carboxylic acids is 2. The van der Waals surface area contributed by atoms with Crippen molar-refractivity contribution in [1.82, 2.24) is 10.2 Å². The Hall–Kier alpha value is -1.93. The van der Waals surface area contributed by atoms with Gasteiger partial charge >= 0.3 is 12.0 Å². The van der Waals surface area contributed by atoms with Gasteiger partial charge in [0.2, 0.25) is 0 Å². The van der Waals surface area contributed by atoms with Crippen LogP contribution in [0, 0.1) is 0 Å². The second-order valence-electron chi connectivity index (χ2n) is 6.29. The first-order valence-electron chi connectivity index (χ1n) is 8.71. The number of rotatable bonds is 7. The summed E-state index contributed by atoms with van der Waals surface area (Å²) in [4.78, 5) is 28.6. The van der Waals surface area contributed by atoms with Crippen LogP contribution in [0.25, 0.3) is 0 Å². The highest BCUT2D eigenvalue weighted by atomic mass is 32.2. The monoisotopic (exact) mass is 380 g/mol. The van der Waals surface area contributed by atoms with Crippen LogP contribution in [0.15, 0.2) is 24.3 Å². The minimum absolute atomic E-state index is 0.408. The number of carbonyl (C=O) groups is 2. The van der Waals surface area contributed by atoms with Crippen molar-refractivity contribution in [2.24, 2.45) is 0 Å². The van der Waals surface area contributed by atoms with Crippen LogP contribution in [0.4, 0.5) is 16.2 Å². The van der Waals surface area contributed by atoms with E-state index in [1.807, 2.05) is 30.5 Å². The maximum Gasteiger partial charge on any atom is 0.328 e. The Morgan fingerprint density at radius 3 is 2.42 bits per heavy atom. The molecule has 0 bridgehead atoms. The molecule has 0 spiro atoms. The number of methoxy groups -OCH3 is 1. The summed E-state index contributed by atoms with van der Waals surface area (Å²) in [7, 11) is 3.45. The average Bonchev–Trinajstić information content (AvgIpc) is 2.65. The van der Waals surface area contributed by atoms with Gasteiger partial charge in [-0.1, -0.05) is 0 Å². The van der Waals surface area contributed by atoms with Gasteiger partial charge in [0.05, 0.1) is 7.11 Å². The fourth-order valence-corrected chi connectivity index (χ4v) is 3.24. The number of likely N-dealkylation sites (N-methyl/N-ethyl adjacent to an activating group) is 1. The number of benzene rings is 1. The van der Waals surface area contributed by atoms with E-state index in [1.165, 1.54) is 7.11 Å². The quantitative estimate of drug-likeness (QED) is 0.704. The fourth-order valence-electron chi connectivity index (χ4n) is 2.77. The van der Waals surface area contributed by atoms with E-state index in [-0.39, 0.29) is 0 Å². The number of hydrogen-bond donors (Lipinski definition) is 2. The predicted octanol–water partition coefficient (Wildman–Crippen LogP) is 1.85. The van der Waals surface area contributed by atoms with Gasteiger partial charge in [0.1, 0.15) is 6.04 Å². The molecule has 2 rings (SSSR count). The smallest absolute Gasteiger partial charge is 0.328 e. The lowest BCUT2D eigenvalue weighted by molar-refractivity contribution is -0.142. The van der Waals surface area contributed by atoms with Crippen LogP contribution in [-0.2, 0) is 9.53 Å². The molecule has 1 saturated heterocycles. The largest absolute Gasteiger partial charge is 0.467 e. The van der Waals surface area contributed by atoms with E-state index in [4.69, 9.17) is 4.74 Å². The molecule has 0 radical (unpaired) electrons. The van der Waals surface area contributed by atoms with E-state index in [2.05, 4.69) is 27.5 Å². The van der Waals surface area contributed by atoms with E-state index >= 15 is 0 Å². The Bertz CT molecular complexity index is 589. The summed E-state index contributed by atoms with van der Waals surface area (Å²) in [5, 5.41) is 5.45. The summed E-state index contributed by atoms with van der Waals surface area (Å²) in [5.41, 5.74) is 1.84. The van der Waals surface area contributed by atoms with Gasteiger partial charge in [-0.2, -0.15) is 11.8 Å². The lowest BCUT2D eigenvalue weighted by Gasteiger charge is -2.34. The molecular weight excluding hydrogens is 352 g/mol. The number of urea groups is 1. The zero-order chi connectivity index (χ0) is 18.9. The van der Waals surface area contributed by atoms with E-state index in [0.29, 0.717) is 12.1 Å². The lowest BCUT2D eigenvalue weighted by atomic mass is 10.2. The molecule has 1 aliphatic rings. The number of hydrogen-bond acceptors (Lipinski definition) is 6. The van der Waals surface area contributed by atoms with Crippen molar-refractivity contribution in [2.75, 3.05) is 62.6 Å². The number of piperazine rings is 1. The molecule has 0 saturated carbocycles. The number of anilines is 2. The third-order valence-electron chi connectivity index (χ3n) is 4.40. The molecule has 1 aromatic rings. The molecular formula is C18H28N4O3S. The molecule has 1 unspecified atom stereocenters. The lowest BCUT2D eigenvalue weighted by Crippen LogP contribution is -2.44. The summed E-state index contributed by atoms with van der Waals surface area (Å²) < 4.78 is 4.75. The number of nitrogens with zero attached hydrogens (tertiary/aromatic N) is 2. The standard InChI is InChI=1S/C18H28N4O3S/c1-21-9-11-22(12-10-21)15-6-4-14(5-7-15)19-18(24)20-16(8-13-26-3)17(23)25-2/h4-7,16H,8-13H2,1-3H3,(H2,19,20,24). The van der Waals surface area contributed by atoms with Gasteiger partial charge in [0.25, 0.3) is 0 Å². The number of esters is 1. The summed E-state index contributed by atoms with van der Waals surface area (Å²) >= 11 is 1.62. The number of amides is 2. The first kappa shape index (κ1) is 20.4. The van der Waals surface area contributed by atoms with Crippen LogP contribution in [0.2, 0.25) is 0 Å². The Labute approximate surface area is 159 Å². The van der Waals surface area contributed by atoms with Crippen LogP contribution >= 0.6 is 11.8 Å². The van der Waals surface area contributed by atoms with Gasteiger partial charge in [-0.3, -0.25) is 0 Å². The molecule has 144 valence electrons. The fraction of sp³-hybridized carbons (Fsp3) is 0.556. The van der Waals surface area contributed by atoms with Gasteiger partial charge in [0.15, 0.2) is 0 Å². The molecule has 0 aliphatic carbocycles. The van der Waals surface area contributed by atoms with Crippen molar-refractivity contribution < 1.29 is 14.3 Å². The number of thioether (sulfide) groups is 1. The van der Waals surface area contributed by atoms with Crippen LogP contribution in [-0.4, -0.2) is 75.3 Å². The van der Waals surface area contributed by atoms with Crippen LogP contribution < -0.4 is 15.5 Å². The van der Waals surface area contributed by atoms with E-state index in [0.717, 1.165) is 37.6 Å². The molecule has 0 aromatic heterocycles. The second-order valence-corrected chi connectivity index (χ2v) is 7.28. The Balaban J connectivity index is 1.88. The predicted molar refractivity (Wildman–Crippen MR) is 107 cm³/mol. The SMILES string of the molecule is COC(=O)C(CCSC)NC(=O)Nc1ccc(N2CCN(C)CC2)cc1. The molecule has 8 heteroatoms. The van der Waals surface area contributed by atoms with Crippen LogP contribution in [0.1, 0.15) is 6.42 Å². The first-order chi connectivity index (χ1) is 12.5. The van der Waals surface area contributed by atoms with E-state index < -0.39 is 18.0 Å². The molecule has 2 N–H and O–H groups in total. The van der Waals surface area contributed by atoms with Crippen molar-refractivity contribution >= 4 is 35.1 Å². The summed E-state index contributed by atoms with van der Waals surface area (Å²) in [6.07, 6.45) is 2.49. The van der Waals surface area contributed by atoms with E-state index in [1.54, 1.807) is 11.8 Å². The molecule has 1 aromatic carbocycles. The molecule has 1 atom stereocenters. The Morgan fingerprint density at radius 1 is 1.19 bits per heavy atom. The van der Waals surface area contributed by atoms with Gasteiger partial charge in [0, 0.05) is 37.6 Å². The second kappa shape index (κ2) is 10.3. The molecule has 1 aliphatic heterocycles. The van der Waals surface area contributed by atoms with Crippen molar-refractivity contribution in [2.45, 2.75) is 12.5 Å². The Morgan fingerprint density at radius 2 is 1.85 bits per heavy atom. The van der Waals surface area contributed by atoms with Crippen LogP contribution in [0.3, 0.4) is 0 Å². The third-order valence-corrected chi connectivity index (χ3v) is 5.04. The third kappa shape index (κ3) is 6.10. The van der Waals surface area contributed by atoms with Gasteiger partial charge in [-0.25, -0.2) is 9.59 Å². The van der Waals surface area contributed by atoms with Crippen LogP contribution in [0.5, 0.6) is 0 Å². The summed E-state index contributed by atoms with van der Waals surface area (Å²) in [6.45, 7) is 4.10. The highest BCUT2D eigenvalue weighted by Crippen LogP contribution is 2.19. The van der Waals surface area contributed by atoms with Crippen molar-refractivity contribution in [3.8, 4) is 0 Å². The van der Waals surface area contributed by atoms with Gasteiger partial charge < -0.3 is 25.2 Å². The zero-order valence-electron chi connectivity index (χ0n) is 15.7. The number of nitrogens with one attached hydrogen (secondary N) is 2. The summed E-state index contributed by atoms with van der Waals surface area (Å²) in [6, 6.07) is 6.72. The highest BCUT2D eigenvalue weighted by Gasteiger charge is 2.21. The minimum Gasteiger partial charge on any atom is -0.467 e. The molecule has 7 nitrogen and oxygen atoms in total. The Kier molecular flexibility index (Phi) is 8.06. The van der Waals surface area contributed by atoms with Crippen molar-refractivity contribution in [1.29, 1.82) is 0 Å². The molecule has 1 heterocycles. The number of ether oxygens (including phenoxy) is 1. The topological polar surface area (TPSA) is 73.9 Å². The van der Waals surface area contributed by atoms with Crippen molar-refractivity contribution in [3.05, 3.63) is 24.3 Å². The molecule has 2 amide bonds. The van der Waals surface area contributed by atoms with Gasteiger partial charge in [-0.15, -0.1) is 0 Å². The zero-order valence-corrected chi connectivity index (χ0v) is 16.5. The maximum absolute atomic E-state index is 12.2. The highest BCUT2D eigenvalue weighted by molar-refractivity contribution is 7.98. The normalized spacial score (nSPS) is 16.0. The average molecular weight is 381 g/mol. The van der Waals surface area contributed by atoms with E-state index in [9.17, 15) is 9.59 Å². The first-order valence-corrected chi connectivity index (χ1v) is 10.1. The molecule has 1 fully saturated rings. The van der Waals surface area contributed by atoms with Crippen molar-refractivity contribution in [3.63, 3.8) is 0 Å².